The third-order valence-electron chi connectivity index (χ3n) is 3.03. The summed E-state index contributed by atoms with van der Waals surface area (Å²) in [5, 5.41) is 21.0. The largest absolute Gasteiger partial charge is 0.507 e. The number of rotatable bonds is 3. The molecule has 2 rings (SSSR count). The normalized spacial score (nSPS) is 10.1. The van der Waals surface area contributed by atoms with E-state index < -0.39 is 17.8 Å². The number of carboxylic acids is 1. The fourth-order valence-electron chi connectivity index (χ4n) is 2.02. The lowest BCUT2D eigenvalue weighted by molar-refractivity contribution is 0.0695. The molecule has 0 spiro atoms. The minimum atomic E-state index is -1.35. The quantitative estimate of drug-likeness (QED) is 0.808. The molecule has 6 nitrogen and oxygen atoms in total. The van der Waals surface area contributed by atoms with E-state index in [1.165, 1.54) is 18.2 Å². The van der Waals surface area contributed by atoms with Gasteiger partial charge in [0.1, 0.15) is 17.1 Å². The molecule has 0 saturated heterocycles. The molecule has 0 aliphatic heterocycles. The highest BCUT2D eigenvalue weighted by Gasteiger charge is 2.17. The average molecular weight is 301 g/mol. The van der Waals surface area contributed by atoms with Gasteiger partial charge in [0, 0.05) is 0 Å². The second kappa shape index (κ2) is 6.17. The average Bonchev–Trinajstić information content (AvgIpc) is 2.41. The van der Waals surface area contributed by atoms with Crippen molar-refractivity contribution in [2.45, 2.75) is 13.8 Å². The molecular formula is C16H15NO5. The maximum atomic E-state index is 11.9. The van der Waals surface area contributed by atoms with Gasteiger partial charge in [-0.2, -0.15) is 0 Å². The molecule has 0 bridgehead atoms. The molecule has 0 aliphatic carbocycles. The number of aromatic carboxylic acids is 1. The molecule has 1 amide bonds. The minimum absolute atomic E-state index is 0.0396. The number of carbonyl (C=O) groups excluding carboxylic acids is 1. The fraction of sp³-hybridized carbons (Fsp3) is 0.125. The summed E-state index contributed by atoms with van der Waals surface area (Å²) < 4.78 is 5.15. The Labute approximate surface area is 127 Å². The zero-order chi connectivity index (χ0) is 16.3. The predicted molar refractivity (Wildman–Crippen MR) is 80.6 cm³/mol. The predicted octanol–water partition coefficient (Wildman–Crippen LogP) is 3.32. The van der Waals surface area contributed by atoms with E-state index in [1.807, 2.05) is 13.0 Å². The van der Waals surface area contributed by atoms with E-state index in [2.05, 4.69) is 5.32 Å². The molecule has 2 aromatic carbocycles. The van der Waals surface area contributed by atoms with Crippen LogP contribution in [0.5, 0.6) is 11.5 Å². The molecule has 0 radical (unpaired) electrons. The van der Waals surface area contributed by atoms with Crippen molar-refractivity contribution in [1.82, 2.24) is 0 Å². The van der Waals surface area contributed by atoms with Crippen molar-refractivity contribution in [3.63, 3.8) is 0 Å². The van der Waals surface area contributed by atoms with Gasteiger partial charge < -0.3 is 14.9 Å². The number of amides is 1. The van der Waals surface area contributed by atoms with Gasteiger partial charge in [-0.1, -0.05) is 23.8 Å². The van der Waals surface area contributed by atoms with Gasteiger partial charge in [-0.15, -0.1) is 0 Å². The van der Waals surface area contributed by atoms with Crippen molar-refractivity contribution in [3.05, 3.63) is 53.1 Å². The van der Waals surface area contributed by atoms with Crippen molar-refractivity contribution >= 4 is 17.7 Å². The summed E-state index contributed by atoms with van der Waals surface area (Å²) in [5.74, 6) is -1.41. The van der Waals surface area contributed by atoms with Crippen LogP contribution >= 0.6 is 0 Å². The summed E-state index contributed by atoms with van der Waals surface area (Å²) in [6.45, 7) is 3.72. The van der Waals surface area contributed by atoms with Crippen LogP contribution in [0.3, 0.4) is 0 Å². The third-order valence-corrected chi connectivity index (χ3v) is 3.03. The van der Waals surface area contributed by atoms with Crippen molar-refractivity contribution in [2.75, 3.05) is 5.32 Å². The van der Waals surface area contributed by atoms with Gasteiger partial charge in [-0.05, 0) is 37.6 Å². The molecule has 0 aliphatic rings. The second-order valence-corrected chi connectivity index (χ2v) is 4.79. The molecule has 0 saturated carbocycles. The maximum absolute atomic E-state index is 11.9. The summed E-state index contributed by atoms with van der Waals surface area (Å²) in [6, 6.07) is 9.34. The molecule has 22 heavy (non-hydrogen) atoms. The number of phenols is 1. The number of aromatic hydroxyl groups is 1. The Hall–Kier alpha value is -3.02. The number of hydrogen-bond acceptors (Lipinski definition) is 4. The number of nitrogens with one attached hydrogen (secondary N) is 1. The zero-order valence-electron chi connectivity index (χ0n) is 12.1. The molecule has 0 atom stereocenters. The highest BCUT2D eigenvalue weighted by molar-refractivity contribution is 6.01. The highest BCUT2D eigenvalue weighted by atomic mass is 16.6. The molecule has 0 aromatic heterocycles. The first-order chi connectivity index (χ1) is 10.4. The minimum Gasteiger partial charge on any atom is -0.507 e. The van der Waals surface area contributed by atoms with E-state index in [0.29, 0.717) is 5.75 Å². The first-order valence-electron chi connectivity index (χ1n) is 6.50. The first-order valence-corrected chi connectivity index (χ1v) is 6.50. The third kappa shape index (κ3) is 3.35. The molecule has 0 unspecified atom stereocenters. The summed E-state index contributed by atoms with van der Waals surface area (Å²) in [5.41, 5.74) is 1.39. The lowest BCUT2D eigenvalue weighted by atomic mass is 10.1. The van der Waals surface area contributed by atoms with Crippen LogP contribution in [0, 0.1) is 13.8 Å². The van der Waals surface area contributed by atoms with Gasteiger partial charge in [0.25, 0.3) is 0 Å². The molecule has 3 N–H and O–H groups in total. The number of benzene rings is 2. The topological polar surface area (TPSA) is 95.9 Å². The highest BCUT2D eigenvalue weighted by Crippen LogP contribution is 2.26. The van der Waals surface area contributed by atoms with E-state index in [-0.39, 0.29) is 11.3 Å². The van der Waals surface area contributed by atoms with Crippen LogP contribution in [0.2, 0.25) is 0 Å². The first kappa shape index (κ1) is 15.4. The van der Waals surface area contributed by atoms with Crippen molar-refractivity contribution in [1.29, 1.82) is 0 Å². The zero-order valence-corrected chi connectivity index (χ0v) is 12.1. The van der Waals surface area contributed by atoms with Crippen molar-refractivity contribution in [2.24, 2.45) is 0 Å². The molecule has 0 fully saturated rings. The van der Waals surface area contributed by atoms with Gasteiger partial charge in [0.15, 0.2) is 0 Å². The van der Waals surface area contributed by atoms with E-state index in [4.69, 9.17) is 9.84 Å². The Kier molecular flexibility index (Phi) is 4.31. The molecular weight excluding hydrogens is 286 g/mol. The lowest BCUT2D eigenvalue weighted by Gasteiger charge is -2.11. The van der Waals surface area contributed by atoms with E-state index >= 15 is 0 Å². The monoisotopic (exact) mass is 301 g/mol. The van der Waals surface area contributed by atoms with Gasteiger partial charge in [0.2, 0.25) is 0 Å². The van der Waals surface area contributed by atoms with Gasteiger partial charge in [-0.3, -0.25) is 5.32 Å². The second-order valence-electron chi connectivity index (χ2n) is 4.79. The fourth-order valence-corrected chi connectivity index (χ4v) is 2.02. The molecule has 6 heteroatoms. The van der Waals surface area contributed by atoms with Gasteiger partial charge in [-0.25, -0.2) is 9.59 Å². The summed E-state index contributed by atoms with van der Waals surface area (Å²) in [7, 11) is 0. The molecule has 2 aromatic rings. The van der Waals surface area contributed by atoms with Crippen LogP contribution in [0.1, 0.15) is 21.5 Å². The lowest BCUT2D eigenvalue weighted by Crippen LogP contribution is -2.19. The van der Waals surface area contributed by atoms with Crippen molar-refractivity contribution < 1.29 is 24.5 Å². The van der Waals surface area contributed by atoms with Crippen LogP contribution in [-0.2, 0) is 0 Å². The van der Waals surface area contributed by atoms with E-state index in [9.17, 15) is 14.7 Å². The van der Waals surface area contributed by atoms with Gasteiger partial charge >= 0.3 is 12.1 Å². The summed E-state index contributed by atoms with van der Waals surface area (Å²) in [4.78, 5) is 23.0. The maximum Gasteiger partial charge on any atom is 0.417 e. The Morgan fingerprint density at radius 1 is 1.14 bits per heavy atom. The van der Waals surface area contributed by atoms with E-state index in [0.717, 1.165) is 11.1 Å². The Bertz CT molecular complexity index is 739. The number of ether oxygens (including phenoxy) is 1. The molecule has 0 heterocycles. The van der Waals surface area contributed by atoms with Crippen LogP contribution in [0.15, 0.2) is 36.4 Å². The van der Waals surface area contributed by atoms with Crippen LogP contribution < -0.4 is 10.1 Å². The Balaban J connectivity index is 2.19. The number of hydrogen-bond donors (Lipinski definition) is 3. The number of carbonyl (C=O) groups is 2. The SMILES string of the molecule is Cc1ccc(OC(=O)Nc2cccc(O)c2C(=O)O)c(C)c1. The van der Waals surface area contributed by atoms with Crippen LogP contribution in [-0.4, -0.2) is 22.3 Å². The van der Waals surface area contributed by atoms with Gasteiger partial charge in [0.05, 0.1) is 5.69 Å². The van der Waals surface area contributed by atoms with Crippen molar-refractivity contribution in [3.8, 4) is 11.5 Å². The van der Waals surface area contributed by atoms with E-state index in [1.54, 1.807) is 19.1 Å². The Morgan fingerprint density at radius 3 is 2.50 bits per heavy atom. The Morgan fingerprint density at radius 2 is 1.86 bits per heavy atom. The smallest absolute Gasteiger partial charge is 0.417 e. The van der Waals surface area contributed by atoms with Crippen LogP contribution in [0.25, 0.3) is 0 Å². The standard InChI is InChI=1S/C16H15NO5/c1-9-6-7-13(10(2)8-9)22-16(21)17-11-4-3-5-12(18)14(11)15(19)20/h3-8,18H,1-2H3,(H,17,21)(H,19,20). The molecule has 114 valence electrons. The number of carboxylic acid groups (broad SMARTS) is 1. The summed E-state index contributed by atoms with van der Waals surface area (Å²) in [6.07, 6.45) is -0.833. The van der Waals surface area contributed by atoms with Crippen LogP contribution in [0.4, 0.5) is 10.5 Å². The summed E-state index contributed by atoms with van der Waals surface area (Å²) >= 11 is 0. The number of anilines is 1. The number of aryl methyl sites for hydroxylation is 2.